The lowest BCUT2D eigenvalue weighted by Gasteiger charge is -2.21. The van der Waals surface area contributed by atoms with Crippen LogP contribution >= 0.6 is 0 Å². The molecule has 1 aliphatic heterocycles. The minimum absolute atomic E-state index is 0.0478. The summed E-state index contributed by atoms with van der Waals surface area (Å²) in [6.07, 6.45) is 3.25. The van der Waals surface area contributed by atoms with Gasteiger partial charge in [0.25, 0.3) is 0 Å². The van der Waals surface area contributed by atoms with Gasteiger partial charge in [-0.25, -0.2) is 4.79 Å². The summed E-state index contributed by atoms with van der Waals surface area (Å²) in [6.45, 7) is 1.95. The van der Waals surface area contributed by atoms with Crippen LogP contribution in [0.15, 0.2) is 0 Å². The highest BCUT2D eigenvalue weighted by Crippen LogP contribution is 2.23. The fraction of sp³-hybridized carbons (Fsp3) is 0.643. The van der Waals surface area contributed by atoms with Gasteiger partial charge in [0.15, 0.2) is 0 Å². The maximum absolute atomic E-state index is 12.3. The van der Waals surface area contributed by atoms with E-state index in [0.29, 0.717) is 19.6 Å². The van der Waals surface area contributed by atoms with Crippen molar-refractivity contribution in [3.8, 4) is 0 Å². The van der Waals surface area contributed by atoms with Gasteiger partial charge in [0.1, 0.15) is 6.54 Å². The SMILES string of the molecule is CN(Cc1n[nH]c2c1CCC2)C(=O)CN1CCN(C)C1=O. The van der Waals surface area contributed by atoms with Crippen LogP contribution in [0, 0.1) is 0 Å². The topological polar surface area (TPSA) is 72.5 Å². The smallest absolute Gasteiger partial charge is 0.320 e. The number of hydrogen-bond acceptors (Lipinski definition) is 3. The molecule has 1 saturated heterocycles. The number of nitrogens with one attached hydrogen (secondary N) is 1. The Kier molecular flexibility index (Phi) is 3.57. The van der Waals surface area contributed by atoms with E-state index in [0.717, 1.165) is 25.0 Å². The summed E-state index contributed by atoms with van der Waals surface area (Å²) < 4.78 is 0. The van der Waals surface area contributed by atoms with Crippen molar-refractivity contribution in [2.45, 2.75) is 25.8 Å². The highest BCUT2D eigenvalue weighted by molar-refractivity contribution is 5.84. The van der Waals surface area contributed by atoms with Crippen LogP contribution in [0.3, 0.4) is 0 Å². The zero-order valence-electron chi connectivity index (χ0n) is 12.6. The van der Waals surface area contributed by atoms with Crippen molar-refractivity contribution in [1.29, 1.82) is 0 Å². The monoisotopic (exact) mass is 291 g/mol. The van der Waals surface area contributed by atoms with E-state index in [1.807, 2.05) is 0 Å². The summed E-state index contributed by atoms with van der Waals surface area (Å²) in [4.78, 5) is 28.9. The average Bonchev–Trinajstić information content (AvgIpc) is 3.13. The van der Waals surface area contributed by atoms with Crippen molar-refractivity contribution >= 4 is 11.9 Å². The minimum atomic E-state index is -0.0718. The first-order valence-electron chi connectivity index (χ1n) is 7.35. The summed E-state index contributed by atoms with van der Waals surface area (Å²) in [5, 5.41) is 7.37. The van der Waals surface area contributed by atoms with Crippen molar-refractivity contribution in [2.75, 3.05) is 33.7 Å². The number of aryl methyl sites for hydroxylation is 1. The van der Waals surface area contributed by atoms with E-state index in [9.17, 15) is 9.59 Å². The summed E-state index contributed by atoms with van der Waals surface area (Å²) >= 11 is 0. The maximum atomic E-state index is 12.3. The number of hydrogen-bond donors (Lipinski definition) is 1. The largest absolute Gasteiger partial charge is 0.338 e. The first kappa shape index (κ1) is 13.9. The summed E-state index contributed by atoms with van der Waals surface area (Å²) in [6, 6.07) is -0.0718. The van der Waals surface area contributed by atoms with Crippen LogP contribution in [0.25, 0.3) is 0 Å². The van der Waals surface area contributed by atoms with Crippen LogP contribution in [-0.2, 0) is 24.2 Å². The number of likely N-dealkylation sites (N-methyl/N-ethyl adjacent to an activating group) is 2. The molecule has 7 heteroatoms. The van der Waals surface area contributed by atoms with Gasteiger partial charge in [-0.2, -0.15) is 5.10 Å². The molecule has 114 valence electrons. The Balaban J connectivity index is 1.59. The molecule has 7 nitrogen and oxygen atoms in total. The normalized spacial score (nSPS) is 17.5. The molecule has 1 aromatic rings. The number of nitrogens with zero attached hydrogens (tertiary/aromatic N) is 4. The molecule has 1 fully saturated rings. The van der Waals surface area contributed by atoms with Crippen LogP contribution in [0.2, 0.25) is 0 Å². The number of carbonyl (C=O) groups excluding carboxylic acids is 2. The molecular formula is C14H21N5O2. The Hall–Kier alpha value is -2.05. The minimum Gasteiger partial charge on any atom is -0.338 e. The van der Waals surface area contributed by atoms with Gasteiger partial charge in [0, 0.05) is 32.9 Å². The van der Waals surface area contributed by atoms with Crippen molar-refractivity contribution in [2.24, 2.45) is 0 Å². The van der Waals surface area contributed by atoms with Crippen LogP contribution in [-0.4, -0.2) is 70.6 Å². The first-order chi connectivity index (χ1) is 10.1. The molecule has 0 aromatic carbocycles. The Morgan fingerprint density at radius 3 is 2.90 bits per heavy atom. The van der Waals surface area contributed by atoms with Crippen molar-refractivity contribution in [1.82, 2.24) is 24.9 Å². The molecule has 21 heavy (non-hydrogen) atoms. The molecule has 2 aliphatic rings. The molecule has 0 radical (unpaired) electrons. The Bertz CT molecular complexity index is 568. The quantitative estimate of drug-likeness (QED) is 0.863. The third-order valence-electron chi connectivity index (χ3n) is 4.33. The van der Waals surface area contributed by atoms with E-state index in [2.05, 4.69) is 10.2 Å². The van der Waals surface area contributed by atoms with Gasteiger partial charge in [-0.1, -0.05) is 0 Å². The molecule has 0 saturated carbocycles. The summed E-state index contributed by atoms with van der Waals surface area (Å²) in [7, 11) is 3.52. The van der Waals surface area contributed by atoms with Crippen molar-refractivity contribution < 1.29 is 9.59 Å². The maximum Gasteiger partial charge on any atom is 0.320 e. The zero-order chi connectivity index (χ0) is 15.0. The zero-order valence-corrected chi connectivity index (χ0v) is 12.6. The van der Waals surface area contributed by atoms with E-state index >= 15 is 0 Å². The standard InChI is InChI=1S/C14H21N5O2/c1-17-6-7-19(14(17)21)9-13(20)18(2)8-12-10-4-3-5-11(10)15-16-12/h3-9H2,1-2H3,(H,15,16). The third kappa shape index (κ3) is 2.59. The molecule has 2 heterocycles. The van der Waals surface area contributed by atoms with E-state index < -0.39 is 0 Å². The molecule has 1 N–H and O–H groups in total. The Morgan fingerprint density at radius 1 is 1.38 bits per heavy atom. The highest BCUT2D eigenvalue weighted by atomic mass is 16.2. The molecular weight excluding hydrogens is 270 g/mol. The predicted octanol–water partition coefficient (Wildman–Crippen LogP) is 0.224. The van der Waals surface area contributed by atoms with Gasteiger partial charge >= 0.3 is 6.03 Å². The number of rotatable bonds is 4. The van der Waals surface area contributed by atoms with Gasteiger partial charge in [0.05, 0.1) is 12.2 Å². The van der Waals surface area contributed by atoms with Gasteiger partial charge in [0.2, 0.25) is 5.91 Å². The van der Waals surface area contributed by atoms with Crippen molar-refractivity contribution in [3.63, 3.8) is 0 Å². The molecule has 3 rings (SSSR count). The number of amides is 3. The highest BCUT2D eigenvalue weighted by Gasteiger charge is 2.28. The van der Waals surface area contributed by atoms with Crippen molar-refractivity contribution in [3.05, 3.63) is 17.0 Å². The van der Waals surface area contributed by atoms with E-state index in [-0.39, 0.29) is 18.5 Å². The summed E-state index contributed by atoms with van der Waals surface area (Å²) in [5.41, 5.74) is 3.44. The summed E-state index contributed by atoms with van der Waals surface area (Å²) in [5.74, 6) is -0.0478. The lowest BCUT2D eigenvalue weighted by molar-refractivity contribution is -0.130. The number of fused-ring (bicyclic) bond motifs is 1. The third-order valence-corrected chi connectivity index (χ3v) is 4.33. The Labute approximate surface area is 123 Å². The second kappa shape index (κ2) is 5.38. The molecule has 0 unspecified atom stereocenters. The lowest BCUT2D eigenvalue weighted by Crippen LogP contribution is -2.40. The molecule has 1 aliphatic carbocycles. The molecule has 3 amide bonds. The average molecular weight is 291 g/mol. The van der Waals surface area contributed by atoms with Gasteiger partial charge in [-0.05, 0) is 24.8 Å². The molecule has 0 spiro atoms. The molecule has 1 aromatic heterocycles. The van der Waals surface area contributed by atoms with E-state index in [4.69, 9.17) is 0 Å². The second-order valence-corrected chi connectivity index (χ2v) is 5.86. The number of aromatic nitrogens is 2. The van der Waals surface area contributed by atoms with Gasteiger partial charge in [-0.15, -0.1) is 0 Å². The number of urea groups is 1. The molecule has 0 atom stereocenters. The number of aromatic amines is 1. The van der Waals surface area contributed by atoms with E-state index in [1.165, 1.54) is 11.3 Å². The number of carbonyl (C=O) groups is 2. The van der Waals surface area contributed by atoms with Gasteiger partial charge in [-0.3, -0.25) is 9.89 Å². The fourth-order valence-corrected chi connectivity index (χ4v) is 2.97. The number of H-pyrrole nitrogens is 1. The van der Waals surface area contributed by atoms with Gasteiger partial charge < -0.3 is 14.7 Å². The first-order valence-corrected chi connectivity index (χ1v) is 7.35. The lowest BCUT2D eigenvalue weighted by atomic mass is 10.2. The fourth-order valence-electron chi connectivity index (χ4n) is 2.97. The Morgan fingerprint density at radius 2 is 2.19 bits per heavy atom. The van der Waals surface area contributed by atoms with Crippen LogP contribution in [0.4, 0.5) is 4.79 Å². The second-order valence-electron chi connectivity index (χ2n) is 5.86. The van der Waals surface area contributed by atoms with Crippen LogP contribution in [0.5, 0.6) is 0 Å². The van der Waals surface area contributed by atoms with Crippen LogP contribution in [0.1, 0.15) is 23.4 Å². The van der Waals surface area contributed by atoms with E-state index in [1.54, 1.807) is 28.8 Å². The predicted molar refractivity (Wildman–Crippen MR) is 76.7 cm³/mol. The van der Waals surface area contributed by atoms with Crippen LogP contribution < -0.4 is 0 Å². The molecule has 0 bridgehead atoms.